The highest BCUT2D eigenvalue weighted by Gasteiger charge is 2.06. The molecule has 0 amide bonds. The Bertz CT molecular complexity index is 593. The van der Waals surface area contributed by atoms with Crippen LogP contribution in [-0.2, 0) is 6.54 Å². The number of aromatic nitrogens is 4. The summed E-state index contributed by atoms with van der Waals surface area (Å²) >= 11 is 1.96. The number of nitrogens with two attached hydrogens (primary N) is 1. The number of halogens is 1. The number of hydrogen-bond acceptors (Lipinski definition) is 5. The summed E-state index contributed by atoms with van der Waals surface area (Å²) in [6.07, 6.45) is 4.58. The Hall–Kier alpha value is -1.51. The maximum atomic E-state index is 11.9. The van der Waals surface area contributed by atoms with Crippen LogP contribution in [0.3, 0.4) is 0 Å². The van der Waals surface area contributed by atoms with Gasteiger partial charge in [-0.2, -0.15) is 0 Å². The lowest BCUT2D eigenvalue weighted by Gasteiger charge is -2.08. The third-order valence-corrected chi connectivity index (χ3v) is 2.99. The van der Waals surface area contributed by atoms with Gasteiger partial charge in [-0.3, -0.25) is 14.3 Å². The number of hydrogen-bond donors (Lipinski definition) is 1. The van der Waals surface area contributed by atoms with Crippen molar-refractivity contribution in [3.63, 3.8) is 0 Å². The first-order chi connectivity index (χ1) is 8.08. The Labute approximate surface area is 111 Å². The van der Waals surface area contributed by atoms with Gasteiger partial charge in [-0.15, -0.1) is 0 Å². The topological polar surface area (TPSA) is 86.7 Å². The minimum atomic E-state index is -0.0725. The zero-order chi connectivity index (χ0) is 12.4. The highest BCUT2D eigenvalue weighted by Crippen LogP contribution is 2.02. The van der Waals surface area contributed by atoms with Gasteiger partial charge in [0.1, 0.15) is 11.6 Å². The maximum Gasteiger partial charge on any atom is 0.267 e. The fourth-order valence-corrected chi connectivity index (χ4v) is 1.78. The first-order valence-corrected chi connectivity index (χ1v) is 5.94. The van der Waals surface area contributed by atoms with Crippen molar-refractivity contribution < 1.29 is 0 Å². The predicted octanol–water partition coefficient (Wildman–Crippen LogP) is 0.577. The monoisotopic (exact) mass is 343 g/mol. The van der Waals surface area contributed by atoms with Crippen molar-refractivity contribution in [2.75, 3.05) is 5.73 Å². The third-order valence-electron chi connectivity index (χ3n) is 2.25. The molecule has 0 saturated carbocycles. The van der Waals surface area contributed by atoms with E-state index in [-0.39, 0.29) is 5.56 Å². The third kappa shape index (κ3) is 2.60. The van der Waals surface area contributed by atoms with Crippen LogP contribution in [0.4, 0.5) is 5.82 Å². The van der Waals surface area contributed by atoms with Crippen LogP contribution in [0.2, 0.25) is 0 Å². The van der Waals surface area contributed by atoms with Crippen LogP contribution in [0.1, 0.15) is 11.5 Å². The normalized spacial score (nSPS) is 10.5. The van der Waals surface area contributed by atoms with E-state index >= 15 is 0 Å². The molecule has 0 unspecified atom stereocenters. The molecule has 6 nitrogen and oxygen atoms in total. The fraction of sp³-hybridized carbons (Fsp3) is 0.200. The summed E-state index contributed by atoms with van der Waals surface area (Å²) in [5.41, 5.74) is 6.05. The number of anilines is 1. The van der Waals surface area contributed by atoms with Gasteiger partial charge >= 0.3 is 0 Å². The molecule has 0 radical (unpaired) electrons. The van der Waals surface area contributed by atoms with E-state index in [0.29, 0.717) is 27.5 Å². The van der Waals surface area contributed by atoms with Crippen molar-refractivity contribution in [2.45, 2.75) is 13.5 Å². The summed E-state index contributed by atoms with van der Waals surface area (Å²) in [6, 6.07) is 0. The number of nitrogen functional groups attached to an aromatic ring is 1. The lowest BCUT2D eigenvalue weighted by atomic mass is 10.4. The van der Waals surface area contributed by atoms with Crippen molar-refractivity contribution in [2.24, 2.45) is 0 Å². The highest BCUT2D eigenvalue weighted by atomic mass is 127. The standard InChI is InChI=1S/C10H10IN5O/c1-6-13-3-8(11)10(17)16(6)5-7-2-15-9(12)4-14-7/h2-4H,5H2,1H3,(H2,12,15). The zero-order valence-electron chi connectivity index (χ0n) is 9.09. The van der Waals surface area contributed by atoms with Crippen LogP contribution in [0.15, 0.2) is 23.4 Å². The van der Waals surface area contributed by atoms with Gasteiger partial charge in [-0.1, -0.05) is 0 Å². The van der Waals surface area contributed by atoms with Crippen LogP contribution in [-0.4, -0.2) is 19.5 Å². The summed E-state index contributed by atoms with van der Waals surface area (Å²) < 4.78 is 2.14. The van der Waals surface area contributed by atoms with Crippen LogP contribution >= 0.6 is 22.6 Å². The second-order valence-electron chi connectivity index (χ2n) is 3.48. The summed E-state index contributed by atoms with van der Waals surface area (Å²) in [6.45, 7) is 2.13. The van der Waals surface area contributed by atoms with Crippen molar-refractivity contribution in [1.82, 2.24) is 19.5 Å². The van der Waals surface area contributed by atoms with Crippen LogP contribution in [0, 0.1) is 10.5 Å². The van der Waals surface area contributed by atoms with Crippen molar-refractivity contribution in [1.29, 1.82) is 0 Å². The minimum Gasteiger partial charge on any atom is -0.382 e. The van der Waals surface area contributed by atoms with Gasteiger partial charge < -0.3 is 5.73 Å². The van der Waals surface area contributed by atoms with Crippen molar-refractivity contribution in [3.05, 3.63) is 44.0 Å². The maximum absolute atomic E-state index is 11.9. The Morgan fingerprint density at radius 2 is 2.06 bits per heavy atom. The molecule has 0 spiro atoms. The largest absolute Gasteiger partial charge is 0.382 e. The van der Waals surface area contributed by atoms with E-state index in [9.17, 15) is 4.79 Å². The highest BCUT2D eigenvalue weighted by molar-refractivity contribution is 14.1. The van der Waals surface area contributed by atoms with E-state index in [4.69, 9.17) is 5.73 Å². The lowest BCUT2D eigenvalue weighted by Crippen LogP contribution is -2.26. The fourth-order valence-electron chi connectivity index (χ4n) is 1.35. The molecule has 88 valence electrons. The molecule has 7 heteroatoms. The molecule has 0 aliphatic rings. The van der Waals surface area contributed by atoms with E-state index in [1.807, 2.05) is 22.6 Å². The number of nitrogens with zero attached hydrogens (tertiary/aromatic N) is 4. The molecule has 0 aliphatic heterocycles. The van der Waals surface area contributed by atoms with Gasteiger partial charge in [-0.25, -0.2) is 9.97 Å². The first-order valence-electron chi connectivity index (χ1n) is 4.86. The van der Waals surface area contributed by atoms with Gasteiger partial charge in [0.2, 0.25) is 0 Å². The van der Waals surface area contributed by atoms with E-state index in [2.05, 4.69) is 15.0 Å². The van der Waals surface area contributed by atoms with Gasteiger partial charge in [-0.05, 0) is 29.5 Å². The lowest BCUT2D eigenvalue weighted by molar-refractivity contribution is 0.679. The molecule has 2 aromatic rings. The average molecular weight is 343 g/mol. The number of aryl methyl sites for hydroxylation is 1. The molecule has 2 heterocycles. The Morgan fingerprint density at radius 3 is 2.71 bits per heavy atom. The molecule has 0 aromatic carbocycles. The number of rotatable bonds is 2. The molecule has 2 aromatic heterocycles. The zero-order valence-corrected chi connectivity index (χ0v) is 11.2. The van der Waals surface area contributed by atoms with Crippen molar-refractivity contribution in [3.8, 4) is 0 Å². The molecular weight excluding hydrogens is 333 g/mol. The summed E-state index contributed by atoms with van der Waals surface area (Å²) in [5, 5.41) is 0. The molecule has 2 N–H and O–H groups in total. The van der Waals surface area contributed by atoms with Crippen molar-refractivity contribution >= 4 is 28.4 Å². The summed E-state index contributed by atoms with van der Waals surface area (Å²) in [4.78, 5) is 24.1. The molecule has 0 fully saturated rings. The van der Waals surface area contributed by atoms with Gasteiger partial charge in [0.05, 0.1) is 28.2 Å². The smallest absolute Gasteiger partial charge is 0.267 e. The summed E-state index contributed by atoms with van der Waals surface area (Å²) in [5.74, 6) is 1.01. The van der Waals surface area contributed by atoms with Gasteiger partial charge in [0.15, 0.2) is 0 Å². The molecule has 0 aliphatic carbocycles. The molecular formula is C10H10IN5O. The molecule has 2 rings (SSSR count). The molecule has 0 saturated heterocycles. The minimum absolute atomic E-state index is 0.0725. The average Bonchev–Trinajstić information content (AvgIpc) is 2.32. The van der Waals surface area contributed by atoms with Crippen LogP contribution in [0.25, 0.3) is 0 Å². The summed E-state index contributed by atoms with van der Waals surface area (Å²) in [7, 11) is 0. The van der Waals surface area contributed by atoms with E-state index in [1.165, 1.54) is 6.20 Å². The van der Waals surface area contributed by atoms with E-state index < -0.39 is 0 Å². The first kappa shape index (κ1) is 12.0. The quantitative estimate of drug-likeness (QED) is 0.806. The van der Waals surface area contributed by atoms with Gasteiger partial charge in [0, 0.05) is 6.20 Å². The van der Waals surface area contributed by atoms with E-state index in [0.717, 1.165) is 0 Å². The Balaban J connectivity index is 2.39. The van der Waals surface area contributed by atoms with E-state index in [1.54, 1.807) is 23.9 Å². The molecule has 0 bridgehead atoms. The van der Waals surface area contributed by atoms with Gasteiger partial charge in [0.25, 0.3) is 5.56 Å². The molecule has 17 heavy (non-hydrogen) atoms. The SMILES string of the molecule is Cc1ncc(I)c(=O)n1Cc1cnc(N)cn1. The predicted molar refractivity (Wildman–Crippen MR) is 71.5 cm³/mol. The van der Waals surface area contributed by atoms with Crippen LogP contribution in [0.5, 0.6) is 0 Å². The second-order valence-corrected chi connectivity index (χ2v) is 4.64. The second kappa shape index (κ2) is 4.78. The Morgan fingerprint density at radius 1 is 1.29 bits per heavy atom. The Kier molecular flexibility index (Phi) is 3.36. The van der Waals surface area contributed by atoms with Crippen LogP contribution < -0.4 is 11.3 Å². The molecule has 0 atom stereocenters.